The lowest BCUT2D eigenvalue weighted by molar-refractivity contribution is 0.0599. The highest BCUT2D eigenvalue weighted by atomic mass is 16.5. The Morgan fingerprint density at radius 3 is 1.92 bits per heavy atom. The van der Waals surface area contributed by atoms with Crippen LogP contribution in [0.4, 0.5) is 0 Å². The van der Waals surface area contributed by atoms with Gasteiger partial charge in [-0.15, -0.1) is 0 Å². The SMILES string of the molecule is COC(=O)c1cc2n(c1)CCCC2.O=C(O)c1cc2n(c1)CCCC2. The Labute approximate surface area is 147 Å². The molecule has 0 bridgehead atoms. The molecule has 0 saturated carbocycles. The number of carboxylic acids is 1. The van der Waals surface area contributed by atoms with E-state index in [1.54, 1.807) is 12.3 Å². The number of aromatic carboxylic acids is 1. The normalized spacial score (nSPS) is 15.4. The molecule has 6 heteroatoms. The number of hydrogen-bond donors (Lipinski definition) is 1. The number of carboxylic acid groups (broad SMARTS) is 1. The minimum Gasteiger partial charge on any atom is -0.478 e. The largest absolute Gasteiger partial charge is 0.478 e. The number of hydrogen-bond acceptors (Lipinski definition) is 3. The van der Waals surface area contributed by atoms with E-state index in [1.807, 2.05) is 16.8 Å². The third-order valence-electron chi connectivity index (χ3n) is 4.80. The van der Waals surface area contributed by atoms with E-state index in [0.29, 0.717) is 11.1 Å². The second kappa shape index (κ2) is 7.59. The Morgan fingerprint density at radius 1 is 0.920 bits per heavy atom. The number of fused-ring (bicyclic) bond motifs is 2. The predicted octanol–water partition coefficient (Wildman–Crippen LogP) is 3.13. The molecule has 0 amide bonds. The van der Waals surface area contributed by atoms with Crippen LogP contribution in [0.15, 0.2) is 24.5 Å². The van der Waals surface area contributed by atoms with Gasteiger partial charge in [0.05, 0.1) is 18.2 Å². The molecule has 0 radical (unpaired) electrons. The van der Waals surface area contributed by atoms with Crippen molar-refractivity contribution in [1.29, 1.82) is 0 Å². The lowest BCUT2D eigenvalue weighted by Gasteiger charge is -2.13. The number of methoxy groups -OCH3 is 1. The molecule has 0 aliphatic carbocycles. The number of aryl methyl sites for hydroxylation is 4. The van der Waals surface area contributed by atoms with Gasteiger partial charge in [-0.05, 0) is 50.7 Å². The fourth-order valence-corrected chi connectivity index (χ4v) is 3.47. The summed E-state index contributed by atoms with van der Waals surface area (Å²) in [6, 6.07) is 3.71. The van der Waals surface area contributed by atoms with E-state index < -0.39 is 5.97 Å². The van der Waals surface area contributed by atoms with E-state index >= 15 is 0 Å². The second-order valence-electron chi connectivity index (χ2n) is 6.54. The molecule has 2 aliphatic heterocycles. The summed E-state index contributed by atoms with van der Waals surface area (Å²) in [5, 5.41) is 8.72. The first-order valence-electron chi connectivity index (χ1n) is 8.78. The smallest absolute Gasteiger partial charge is 0.339 e. The van der Waals surface area contributed by atoms with Crippen LogP contribution in [0.3, 0.4) is 0 Å². The molecule has 4 rings (SSSR count). The van der Waals surface area contributed by atoms with E-state index in [9.17, 15) is 9.59 Å². The molecule has 1 N–H and O–H groups in total. The molecule has 0 saturated heterocycles. The lowest BCUT2D eigenvalue weighted by Crippen LogP contribution is -2.07. The summed E-state index contributed by atoms with van der Waals surface area (Å²) in [7, 11) is 1.42. The maximum absolute atomic E-state index is 11.2. The summed E-state index contributed by atoms with van der Waals surface area (Å²) in [4.78, 5) is 21.8. The maximum atomic E-state index is 11.2. The molecule has 134 valence electrons. The van der Waals surface area contributed by atoms with Crippen LogP contribution < -0.4 is 0 Å². The molecule has 6 nitrogen and oxygen atoms in total. The number of esters is 1. The number of ether oxygens (including phenoxy) is 1. The Bertz CT molecular complexity index is 725. The van der Waals surface area contributed by atoms with Crippen molar-refractivity contribution in [1.82, 2.24) is 9.13 Å². The zero-order valence-electron chi connectivity index (χ0n) is 14.5. The van der Waals surface area contributed by atoms with Crippen LogP contribution in [0.25, 0.3) is 0 Å². The summed E-state index contributed by atoms with van der Waals surface area (Å²) < 4.78 is 8.86. The van der Waals surface area contributed by atoms with Crippen molar-refractivity contribution in [3.63, 3.8) is 0 Å². The molecule has 0 unspecified atom stereocenters. The highest BCUT2D eigenvalue weighted by Gasteiger charge is 2.15. The molecule has 0 aromatic carbocycles. The molecule has 2 aromatic rings. The van der Waals surface area contributed by atoms with Crippen LogP contribution >= 0.6 is 0 Å². The molecule has 25 heavy (non-hydrogen) atoms. The molecule has 0 fully saturated rings. The number of nitrogens with zero attached hydrogens (tertiary/aromatic N) is 2. The van der Waals surface area contributed by atoms with Crippen molar-refractivity contribution < 1.29 is 19.4 Å². The standard InChI is InChI=1S/C10H13NO2.C9H11NO2/c1-13-10(12)8-6-9-4-2-3-5-11(9)7-8;11-9(12)7-5-8-3-1-2-4-10(8)6-7/h6-7H,2-5H2,1H3;5-6H,1-4H2,(H,11,12). The van der Waals surface area contributed by atoms with Gasteiger partial charge in [0.25, 0.3) is 0 Å². The Hall–Kier alpha value is -2.50. The highest BCUT2D eigenvalue weighted by molar-refractivity contribution is 5.89. The first kappa shape index (κ1) is 17.3. The van der Waals surface area contributed by atoms with Crippen molar-refractivity contribution in [3.05, 3.63) is 47.0 Å². The molecule has 2 aromatic heterocycles. The van der Waals surface area contributed by atoms with Gasteiger partial charge < -0.3 is 19.0 Å². The molecule has 2 aliphatic rings. The van der Waals surface area contributed by atoms with Gasteiger partial charge in [0.2, 0.25) is 0 Å². The fraction of sp³-hybridized carbons (Fsp3) is 0.474. The van der Waals surface area contributed by atoms with Crippen LogP contribution in [-0.2, 0) is 30.7 Å². The van der Waals surface area contributed by atoms with Crippen LogP contribution in [0.2, 0.25) is 0 Å². The van der Waals surface area contributed by atoms with E-state index in [0.717, 1.165) is 25.9 Å². The third-order valence-corrected chi connectivity index (χ3v) is 4.80. The van der Waals surface area contributed by atoms with Crippen LogP contribution in [0.5, 0.6) is 0 Å². The van der Waals surface area contributed by atoms with E-state index in [1.165, 1.54) is 44.2 Å². The fourth-order valence-electron chi connectivity index (χ4n) is 3.47. The van der Waals surface area contributed by atoms with Gasteiger partial charge in [0, 0.05) is 36.9 Å². The topological polar surface area (TPSA) is 73.5 Å². The highest BCUT2D eigenvalue weighted by Crippen LogP contribution is 2.18. The molecule has 4 heterocycles. The predicted molar refractivity (Wildman–Crippen MR) is 93.0 cm³/mol. The maximum Gasteiger partial charge on any atom is 0.339 e. The zero-order chi connectivity index (χ0) is 17.8. The van der Waals surface area contributed by atoms with Gasteiger partial charge in [0.1, 0.15) is 0 Å². The van der Waals surface area contributed by atoms with Crippen molar-refractivity contribution in [3.8, 4) is 0 Å². The average Bonchev–Trinajstić information content (AvgIpc) is 3.25. The summed E-state index contributed by atoms with van der Waals surface area (Å²) in [6.45, 7) is 2.01. The quantitative estimate of drug-likeness (QED) is 0.850. The summed E-state index contributed by atoms with van der Waals surface area (Å²) in [5.41, 5.74) is 3.52. The van der Waals surface area contributed by atoms with Crippen molar-refractivity contribution in [2.75, 3.05) is 7.11 Å². The Balaban J connectivity index is 0.000000146. The van der Waals surface area contributed by atoms with Gasteiger partial charge >= 0.3 is 11.9 Å². The zero-order valence-corrected chi connectivity index (χ0v) is 14.5. The van der Waals surface area contributed by atoms with E-state index in [4.69, 9.17) is 5.11 Å². The summed E-state index contributed by atoms with van der Waals surface area (Å²) in [6.07, 6.45) is 10.5. The van der Waals surface area contributed by atoms with Gasteiger partial charge in [-0.2, -0.15) is 0 Å². The molecule has 0 atom stereocenters. The average molecular weight is 344 g/mol. The molecular weight excluding hydrogens is 320 g/mol. The number of carbonyl (C=O) groups is 2. The number of aromatic nitrogens is 2. The van der Waals surface area contributed by atoms with Gasteiger partial charge in [-0.1, -0.05) is 0 Å². The van der Waals surface area contributed by atoms with Crippen LogP contribution in [-0.4, -0.2) is 33.3 Å². The lowest BCUT2D eigenvalue weighted by atomic mass is 10.1. The van der Waals surface area contributed by atoms with Crippen molar-refractivity contribution >= 4 is 11.9 Å². The van der Waals surface area contributed by atoms with E-state index in [2.05, 4.69) is 9.30 Å². The minimum absolute atomic E-state index is 0.234. The molecular formula is C19H24N2O4. The monoisotopic (exact) mass is 344 g/mol. The molecule has 0 spiro atoms. The van der Waals surface area contributed by atoms with Crippen LogP contribution in [0.1, 0.15) is 57.8 Å². The number of carbonyl (C=O) groups excluding carboxylic acids is 1. The number of rotatable bonds is 2. The van der Waals surface area contributed by atoms with Gasteiger partial charge in [-0.25, -0.2) is 9.59 Å². The van der Waals surface area contributed by atoms with Crippen LogP contribution in [0, 0.1) is 0 Å². The second-order valence-corrected chi connectivity index (χ2v) is 6.54. The Morgan fingerprint density at radius 2 is 1.44 bits per heavy atom. The Kier molecular flexibility index (Phi) is 5.26. The van der Waals surface area contributed by atoms with Crippen molar-refractivity contribution in [2.45, 2.75) is 51.6 Å². The third kappa shape index (κ3) is 3.95. The summed E-state index contributed by atoms with van der Waals surface area (Å²) >= 11 is 0. The summed E-state index contributed by atoms with van der Waals surface area (Å²) in [5.74, 6) is -1.06. The van der Waals surface area contributed by atoms with Gasteiger partial charge in [-0.3, -0.25) is 0 Å². The first-order valence-corrected chi connectivity index (χ1v) is 8.78. The first-order chi connectivity index (χ1) is 12.1. The van der Waals surface area contributed by atoms with Gasteiger partial charge in [0.15, 0.2) is 0 Å². The minimum atomic E-state index is -0.822. The van der Waals surface area contributed by atoms with Crippen molar-refractivity contribution in [2.24, 2.45) is 0 Å². The van der Waals surface area contributed by atoms with E-state index in [-0.39, 0.29) is 5.97 Å².